The molecule has 292 valence electrons. The molecule has 0 fully saturated rings. The van der Waals surface area contributed by atoms with Gasteiger partial charge >= 0.3 is 17.9 Å². The van der Waals surface area contributed by atoms with Crippen molar-refractivity contribution in [2.75, 3.05) is 27.6 Å². The van der Waals surface area contributed by atoms with E-state index in [2.05, 4.69) is 32.2 Å². The van der Waals surface area contributed by atoms with E-state index < -0.39 is 41.4 Å². The molecule has 13 heteroatoms. The lowest BCUT2D eigenvalue weighted by atomic mass is 9.72. The van der Waals surface area contributed by atoms with Crippen molar-refractivity contribution in [1.82, 2.24) is 5.32 Å². The number of carbonyl (C=O) groups excluding carboxylic acids is 2. The number of hydrogen-bond acceptors (Lipinski definition) is 4. The van der Waals surface area contributed by atoms with E-state index in [1.54, 1.807) is 45.6 Å². The first-order valence-electron chi connectivity index (χ1n) is 17.9. The zero-order valence-corrected chi connectivity index (χ0v) is 32.2. The van der Waals surface area contributed by atoms with E-state index in [1.165, 1.54) is 17.7 Å². The third-order valence-corrected chi connectivity index (χ3v) is 11.1. The largest absolute Gasteiger partial charge is 0.477 e. The van der Waals surface area contributed by atoms with Crippen LogP contribution in [-0.2, 0) is 22.3 Å². The molecule has 1 aliphatic carbocycles. The number of nitrogens with zero attached hydrogens (tertiary/aromatic N) is 2. The van der Waals surface area contributed by atoms with Crippen molar-refractivity contribution < 1.29 is 38.0 Å². The van der Waals surface area contributed by atoms with Crippen LogP contribution in [0.3, 0.4) is 0 Å². The van der Waals surface area contributed by atoms with Crippen molar-refractivity contribution in [1.29, 1.82) is 0 Å². The first-order chi connectivity index (χ1) is 25.7. The highest BCUT2D eigenvalue weighted by Gasteiger charge is 2.39. The molecule has 0 saturated heterocycles. The Balaban J connectivity index is 0.00000673. The van der Waals surface area contributed by atoms with Crippen LogP contribution in [0, 0.1) is 11.3 Å². The second-order valence-electron chi connectivity index (χ2n) is 14.3. The van der Waals surface area contributed by atoms with Gasteiger partial charge in [-0.3, -0.25) is 14.0 Å². The molecule has 2 unspecified atom stereocenters. The molecule has 4 aromatic carbocycles. The SMILES string of the molecule is CCN(c1ccccc1)S(=O)c1cccc(NC(=O)N(Cc2ccc(C(=O)NCC(F)(F)C(=O)O)cc2)c2ccc(C3=CCC(C(C)(C)C)CC3)cc2)c1.O. The minimum Gasteiger partial charge on any atom is -0.477 e. The average molecular weight is 775 g/mol. The maximum absolute atomic E-state index is 14.1. The molecule has 4 aromatic rings. The van der Waals surface area contributed by atoms with Crippen LogP contribution >= 0.6 is 0 Å². The van der Waals surface area contributed by atoms with Crippen LogP contribution in [-0.4, -0.2) is 51.7 Å². The number of rotatable bonds is 13. The molecule has 3 amide bonds. The van der Waals surface area contributed by atoms with Gasteiger partial charge in [0.2, 0.25) is 0 Å². The summed E-state index contributed by atoms with van der Waals surface area (Å²) in [5.74, 6) is -6.68. The number of urea groups is 1. The second kappa shape index (κ2) is 18.3. The minimum atomic E-state index is -4.10. The first-order valence-corrected chi connectivity index (χ1v) is 19.0. The molecule has 0 aliphatic heterocycles. The molecule has 0 bridgehead atoms. The van der Waals surface area contributed by atoms with Crippen LogP contribution < -0.4 is 19.8 Å². The van der Waals surface area contributed by atoms with Gasteiger partial charge in [-0.2, -0.15) is 8.78 Å². The van der Waals surface area contributed by atoms with Gasteiger partial charge in [-0.25, -0.2) is 13.8 Å². The molecule has 0 saturated carbocycles. The topological polar surface area (TPSA) is 151 Å². The van der Waals surface area contributed by atoms with Gasteiger partial charge in [-0.05, 0) is 109 Å². The van der Waals surface area contributed by atoms with E-state index >= 15 is 0 Å². The van der Waals surface area contributed by atoms with Crippen molar-refractivity contribution in [3.05, 3.63) is 126 Å². The molecule has 5 rings (SSSR count). The van der Waals surface area contributed by atoms with Gasteiger partial charge in [0.1, 0.15) is 0 Å². The zero-order valence-electron chi connectivity index (χ0n) is 31.4. The molecule has 0 radical (unpaired) electrons. The minimum absolute atomic E-state index is 0. The summed E-state index contributed by atoms with van der Waals surface area (Å²) >= 11 is 0. The van der Waals surface area contributed by atoms with Crippen LogP contribution in [0.1, 0.15) is 68.4 Å². The molecule has 0 heterocycles. The number of nitrogens with one attached hydrogen (secondary N) is 2. The smallest absolute Gasteiger partial charge is 0.376 e. The lowest BCUT2D eigenvalue weighted by Gasteiger charge is -2.33. The first kappa shape index (κ1) is 42.3. The van der Waals surface area contributed by atoms with Crippen molar-refractivity contribution in [3.8, 4) is 0 Å². The summed E-state index contributed by atoms with van der Waals surface area (Å²) in [6, 6.07) is 29.7. The van der Waals surface area contributed by atoms with Gasteiger partial charge < -0.3 is 21.2 Å². The summed E-state index contributed by atoms with van der Waals surface area (Å²) < 4.78 is 42.5. The van der Waals surface area contributed by atoms with Gasteiger partial charge in [-0.1, -0.05) is 75.4 Å². The van der Waals surface area contributed by atoms with Crippen molar-refractivity contribution in [2.45, 2.75) is 64.3 Å². The molecule has 1 aliphatic rings. The van der Waals surface area contributed by atoms with E-state index in [-0.39, 0.29) is 23.0 Å². The summed E-state index contributed by atoms with van der Waals surface area (Å²) in [4.78, 5) is 39.3. The molecule has 55 heavy (non-hydrogen) atoms. The molecule has 10 nitrogen and oxygen atoms in total. The molecule has 5 N–H and O–H groups in total. The van der Waals surface area contributed by atoms with E-state index in [0.717, 1.165) is 30.5 Å². The molecule has 0 spiro atoms. The Hall–Kier alpha value is -5.40. The van der Waals surface area contributed by atoms with Crippen LogP contribution in [0.4, 0.5) is 30.6 Å². The average Bonchev–Trinajstić information content (AvgIpc) is 3.17. The summed E-state index contributed by atoms with van der Waals surface area (Å²) in [5.41, 5.74) is 5.16. The Kier molecular flexibility index (Phi) is 14.1. The van der Waals surface area contributed by atoms with Crippen molar-refractivity contribution in [3.63, 3.8) is 0 Å². The zero-order chi connectivity index (χ0) is 39.0. The fraction of sp³-hybridized carbons (Fsp3) is 0.310. The lowest BCUT2D eigenvalue weighted by Crippen LogP contribution is -2.42. The number of anilines is 3. The summed E-state index contributed by atoms with van der Waals surface area (Å²) in [6.07, 6.45) is 5.40. The normalized spacial score (nSPS) is 14.8. The summed E-state index contributed by atoms with van der Waals surface area (Å²) in [5, 5.41) is 13.6. The second-order valence-corrected chi connectivity index (χ2v) is 15.7. The fourth-order valence-corrected chi connectivity index (χ4v) is 7.55. The highest BCUT2D eigenvalue weighted by atomic mass is 32.2. The molecule has 0 aromatic heterocycles. The predicted molar refractivity (Wildman–Crippen MR) is 214 cm³/mol. The van der Waals surface area contributed by atoms with Crippen LogP contribution in [0.5, 0.6) is 0 Å². The van der Waals surface area contributed by atoms with Crippen LogP contribution in [0.15, 0.2) is 114 Å². The number of carbonyl (C=O) groups is 3. The third-order valence-electron chi connectivity index (χ3n) is 9.59. The molecule has 2 atom stereocenters. The van der Waals surface area contributed by atoms with Gasteiger partial charge in [-0.15, -0.1) is 0 Å². The lowest BCUT2D eigenvalue weighted by molar-refractivity contribution is -0.163. The van der Waals surface area contributed by atoms with E-state index in [0.29, 0.717) is 34.3 Å². The Morgan fingerprint density at radius 1 is 0.891 bits per heavy atom. The third kappa shape index (κ3) is 10.9. The van der Waals surface area contributed by atoms with E-state index in [4.69, 9.17) is 5.11 Å². The fourth-order valence-electron chi connectivity index (χ4n) is 6.32. The van der Waals surface area contributed by atoms with Crippen molar-refractivity contribution >= 4 is 51.5 Å². The maximum Gasteiger partial charge on any atom is 0.376 e. The molecular weight excluding hydrogens is 727 g/mol. The van der Waals surface area contributed by atoms with Crippen LogP contribution in [0.25, 0.3) is 5.57 Å². The number of halogens is 2. The van der Waals surface area contributed by atoms with Crippen LogP contribution in [0.2, 0.25) is 0 Å². The highest BCUT2D eigenvalue weighted by molar-refractivity contribution is 7.86. The number of alkyl halides is 2. The molecular formula is C42H48F2N4O6S. The monoisotopic (exact) mass is 774 g/mol. The number of amides is 3. The Labute approximate surface area is 323 Å². The number of hydrogen-bond donors (Lipinski definition) is 3. The summed E-state index contributed by atoms with van der Waals surface area (Å²) in [6.45, 7) is 7.98. The number of allylic oxidation sites excluding steroid dienone is 2. The quantitative estimate of drug-likeness (QED) is 0.125. The summed E-state index contributed by atoms with van der Waals surface area (Å²) in [7, 11) is -1.54. The maximum atomic E-state index is 14.1. The number of aliphatic carboxylic acids is 1. The Bertz CT molecular complexity index is 2000. The van der Waals surface area contributed by atoms with E-state index in [1.807, 2.05) is 66.8 Å². The van der Waals surface area contributed by atoms with E-state index in [9.17, 15) is 27.4 Å². The highest BCUT2D eigenvalue weighted by Crippen LogP contribution is 2.40. The standard InChI is InChI=1S/C42H46F2N4O5S.H2O/c1-5-48(36-11-7-6-8-12-36)54(53)37-13-9-10-34(26-37)46-40(52)47(27-29-14-16-32(17-15-29)38(49)45-28-42(43,44)39(50)51)35-24-20-31(21-25-35)30-18-22-33(23-19-30)41(2,3)4;/h6-18,20-21,24-26,33H,5,19,22-23,27-28H2,1-4H3,(H,45,49)(H,46,52)(H,50,51);1H2. The Morgan fingerprint density at radius 3 is 2.15 bits per heavy atom. The van der Waals surface area contributed by atoms with Gasteiger partial charge in [0.05, 0.1) is 18.0 Å². The predicted octanol–water partition coefficient (Wildman–Crippen LogP) is 8.33. The van der Waals surface area contributed by atoms with Gasteiger partial charge in [0.25, 0.3) is 5.91 Å². The number of carboxylic acids is 1. The Morgan fingerprint density at radius 2 is 1.56 bits per heavy atom. The van der Waals surface area contributed by atoms with Crippen molar-refractivity contribution in [2.24, 2.45) is 11.3 Å². The number of benzene rings is 4. The number of para-hydroxylation sites is 1. The van der Waals surface area contributed by atoms with Gasteiger partial charge in [0.15, 0.2) is 11.0 Å². The number of carboxylic acid groups (broad SMARTS) is 1. The van der Waals surface area contributed by atoms with Gasteiger partial charge in [0, 0.05) is 29.2 Å².